The Kier molecular flexibility index (Phi) is 5.44. The van der Waals surface area contributed by atoms with Crippen LogP contribution in [-0.4, -0.2) is 26.0 Å². The molecule has 1 saturated heterocycles. The molecule has 3 nitrogen and oxygen atoms in total. The molecule has 17 heavy (non-hydrogen) atoms. The van der Waals surface area contributed by atoms with E-state index in [0.717, 1.165) is 17.4 Å². The molecule has 0 aliphatic carbocycles. The van der Waals surface area contributed by atoms with E-state index < -0.39 is 9.84 Å². The summed E-state index contributed by atoms with van der Waals surface area (Å²) in [6, 6.07) is 8.14. The molecule has 0 amide bonds. The van der Waals surface area contributed by atoms with Crippen molar-refractivity contribution < 1.29 is 8.42 Å². The Morgan fingerprint density at radius 2 is 2.18 bits per heavy atom. The van der Waals surface area contributed by atoms with Gasteiger partial charge in [-0.1, -0.05) is 28.1 Å². The third kappa shape index (κ3) is 4.58. The largest absolute Gasteiger partial charge is 0.309 e. The number of hydrogen-bond acceptors (Lipinski definition) is 3. The van der Waals surface area contributed by atoms with E-state index in [4.69, 9.17) is 0 Å². The van der Waals surface area contributed by atoms with Gasteiger partial charge in [0, 0.05) is 17.1 Å². The van der Waals surface area contributed by atoms with Crippen molar-refractivity contribution in [3.8, 4) is 0 Å². The molecular formula is C11H15BrClNO2S. The van der Waals surface area contributed by atoms with Gasteiger partial charge in [0.1, 0.15) is 0 Å². The first-order valence-electron chi connectivity index (χ1n) is 5.23. The monoisotopic (exact) mass is 339 g/mol. The van der Waals surface area contributed by atoms with Gasteiger partial charge in [-0.15, -0.1) is 12.4 Å². The first kappa shape index (κ1) is 15.0. The highest BCUT2D eigenvalue weighted by molar-refractivity contribution is 9.10. The molecule has 0 saturated carbocycles. The second-order valence-electron chi connectivity index (χ2n) is 4.11. The van der Waals surface area contributed by atoms with E-state index in [-0.39, 0.29) is 24.2 Å². The Bertz CT molecular complexity index is 478. The maximum atomic E-state index is 11.3. The van der Waals surface area contributed by atoms with E-state index in [1.54, 1.807) is 0 Å². The number of nitrogens with one attached hydrogen (secondary N) is 1. The summed E-state index contributed by atoms with van der Waals surface area (Å²) in [5.74, 6) is 0.601. The highest BCUT2D eigenvalue weighted by atomic mass is 79.9. The lowest BCUT2D eigenvalue weighted by Crippen LogP contribution is -2.29. The standard InChI is InChI=1S/C11H14BrNO2S.ClH/c12-10-3-1-2-9(6-10)7-13-11-4-5-16(14,15)8-11;/h1-3,6,11,13H,4-5,7-8H2;1H. The second kappa shape index (κ2) is 6.18. The quantitative estimate of drug-likeness (QED) is 0.917. The zero-order valence-corrected chi connectivity index (χ0v) is 12.4. The predicted molar refractivity (Wildman–Crippen MR) is 75.3 cm³/mol. The average Bonchev–Trinajstić information content (AvgIpc) is 2.56. The smallest absolute Gasteiger partial charge is 0.151 e. The van der Waals surface area contributed by atoms with Crippen molar-refractivity contribution in [1.82, 2.24) is 5.32 Å². The van der Waals surface area contributed by atoms with Gasteiger partial charge in [-0.25, -0.2) is 8.42 Å². The second-order valence-corrected chi connectivity index (χ2v) is 7.26. The zero-order chi connectivity index (χ0) is 11.6. The molecule has 1 aliphatic rings. The van der Waals surface area contributed by atoms with Gasteiger partial charge in [-0.3, -0.25) is 0 Å². The number of benzene rings is 1. The Balaban J connectivity index is 0.00000144. The van der Waals surface area contributed by atoms with Crippen molar-refractivity contribution in [3.05, 3.63) is 34.3 Å². The van der Waals surface area contributed by atoms with Crippen molar-refractivity contribution in [3.63, 3.8) is 0 Å². The van der Waals surface area contributed by atoms with Gasteiger partial charge in [0.05, 0.1) is 11.5 Å². The summed E-state index contributed by atoms with van der Waals surface area (Å²) in [6.07, 6.45) is 0.732. The van der Waals surface area contributed by atoms with Gasteiger partial charge in [0.2, 0.25) is 0 Å². The van der Waals surface area contributed by atoms with E-state index in [1.165, 1.54) is 5.56 Å². The van der Waals surface area contributed by atoms with Gasteiger partial charge < -0.3 is 5.32 Å². The molecular weight excluding hydrogens is 326 g/mol. The van der Waals surface area contributed by atoms with Gasteiger partial charge in [0.15, 0.2) is 9.84 Å². The van der Waals surface area contributed by atoms with Gasteiger partial charge in [-0.2, -0.15) is 0 Å². The molecule has 1 atom stereocenters. The summed E-state index contributed by atoms with van der Waals surface area (Å²) in [4.78, 5) is 0. The van der Waals surface area contributed by atoms with Gasteiger partial charge in [-0.05, 0) is 24.1 Å². The minimum Gasteiger partial charge on any atom is -0.309 e. The lowest BCUT2D eigenvalue weighted by Gasteiger charge is -2.10. The van der Waals surface area contributed by atoms with Crippen molar-refractivity contribution in [1.29, 1.82) is 0 Å². The van der Waals surface area contributed by atoms with Crippen LogP contribution in [0.2, 0.25) is 0 Å². The van der Waals surface area contributed by atoms with Crippen LogP contribution in [0, 0.1) is 0 Å². The molecule has 0 radical (unpaired) electrons. The minimum atomic E-state index is -2.78. The fraction of sp³-hybridized carbons (Fsp3) is 0.455. The van der Waals surface area contributed by atoms with Crippen LogP contribution in [0.1, 0.15) is 12.0 Å². The Morgan fingerprint density at radius 1 is 1.41 bits per heavy atom. The summed E-state index contributed by atoms with van der Waals surface area (Å²) in [5.41, 5.74) is 1.17. The first-order valence-corrected chi connectivity index (χ1v) is 7.85. The summed E-state index contributed by atoms with van der Waals surface area (Å²) in [6.45, 7) is 0.722. The highest BCUT2D eigenvalue weighted by Crippen LogP contribution is 2.14. The van der Waals surface area contributed by atoms with E-state index in [0.29, 0.717) is 5.75 Å². The third-order valence-electron chi connectivity index (χ3n) is 2.72. The molecule has 2 rings (SSSR count). The van der Waals surface area contributed by atoms with Crippen LogP contribution >= 0.6 is 28.3 Å². The molecule has 96 valence electrons. The first-order chi connectivity index (χ1) is 7.55. The predicted octanol–water partition coefficient (Wildman–Crippen LogP) is 2.15. The minimum absolute atomic E-state index is 0. The molecule has 0 spiro atoms. The lowest BCUT2D eigenvalue weighted by atomic mass is 10.2. The number of hydrogen-bond donors (Lipinski definition) is 1. The molecule has 6 heteroatoms. The maximum absolute atomic E-state index is 11.3. The maximum Gasteiger partial charge on any atom is 0.151 e. The summed E-state index contributed by atoms with van der Waals surface area (Å²) >= 11 is 3.41. The molecule has 0 aromatic heterocycles. The molecule has 1 aromatic rings. The fourth-order valence-corrected chi connectivity index (χ4v) is 4.02. The van der Waals surface area contributed by atoms with E-state index >= 15 is 0 Å². The lowest BCUT2D eigenvalue weighted by molar-refractivity contribution is 0.554. The number of sulfone groups is 1. The van der Waals surface area contributed by atoms with Crippen LogP contribution in [-0.2, 0) is 16.4 Å². The molecule has 1 heterocycles. The highest BCUT2D eigenvalue weighted by Gasteiger charge is 2.27. The average molecular weight is 341 g/mol. The van der Waals surface area contributed by atoms with Gasteiger partial charge in [0.25, 0.3) is 0 Å². The molecule has 1 aliphatic heterocycles. The fourth-order valence-electron chi connectivity index (χ4n) is 1.87. The molecule has 1 aromatic carbocycles. The Hall–Kier alpha value is -0.100. The van der Waals surface area contributed by atoms with Crippen molar-refractivity contribution in [2.45, 2.75) is 19.0 Å². The zero-order valence-electron chi connectivity index (χ0n) is 9.23. The Labute approximate surface area is 116 Å². The van der Waals surface area contributed by atoms with Crippen LogP contribution in [0.5, 0.6) is 0 Å². The molecule has 0 bridgehead atoms. The summed E-state index contributed by atoms with van der Waals surface area (Å²) in [5, 5.41) is 3.28. The van der Waals surface area contributed by atoms with Crippen molar-refractivity contribution in [2.75, 3.05) is 11.5 Å². The van der Waals surface area contributed by atoms with E-state index in [9.17, 15) is 8.42 Å². The normalized spacial score (nSPS) is 22.1. The Morgan fingerprint density at radius 3 is 2.76 bits per heavy atom. The summed E-state index contributed by atoms with van der Waals surface area (Å²) in [7, 11) is -2.78. The molecule has 1 unspecified atom stereocenters. The van der Waals surface area contributed by atoms with E-state index in [2.05, 4.69) is 21.2 Å². The van der Waals surface area contributed by atoms with Crippen LogP contribution in [0.3, 0.4) is 0 Å². The van der Waals surface area contributed by atoms with Crippen LogP contribution in [0.15, 0.2) is 28.7 Å². The van der Waals surface area contributed by atoms with E-state index in [1.807, 2.05) is 24.3 Å². The number of rotatable bonds is 3. The van der Waals surface area contributed by atoms with Gasteiger partial charge >= 0.3 is 0 Å². The SMILES string of the molecule is Cl.O=S1(=O)CCC(NCc2cccc(Br)c2)C1. The third-order valence-corrected chi connectivity index (χ3v) is 4.98. The summed E-state index contributed by atoms with van der Waals surface area (Å²) < 4.78 is 23.6. The van der Waals surface area contributed by atoms with Crippen molar-refractivity contribution >= 4 is 38.2 Å². The molecule has 1 fully saturated rings. The van der Waals surface area contributed by atoms with Crippen LogP contribution < -0.4 is 5.32 Å². The van der Waals surface area contributed by atoms with Crippen LogP contribution in [0.25, 0.3) is 0 Å². The molecule has 1 N–H and O–H groups in total. The van der Waals surface area contributed by atoms with Crippen molar-refractivity contribution in [2.24, 2.45) is 0 Å². The topological polar surface area (TPSA) is 46.2 Å². The number of halogens is 2. The van der Waals surface area contributed by atoms with Crippen LogP contribution in [0.4, 0.5) is 0 Å².